The van der Waals surface area contributed by atoms with Crippen LogP contribution in [0.2, 0.25) is 0 Å². The predicted octanol–water partition coefficient (Wildman–Crippen LogP) is 14.9. The first-order chi connectivity index (χ1) is 30.7. The minimum absolute atomic E-state index is 0.554. The van der Waals surface area contributed by atoms with Crippen LogP contribution in [-0.4, -0.2) is 15.0 Å². The molecule has 2 aliphatic rings. The topological polar surface area (TPSA) is 38.7 Å². The summed E-state index contributed by atoms with van der Waals surface area (Å²) in [6.07, 6.45) is 0. The second kappa shape index (κ2) is 13.6. The van der Waals surface area contributed by atoms with Gasteiger partial charge in [-0.15, -0.1) is 11.3 Å². The number of aromatic nitrogens is 3. The molecule has 13 rings (SSSR count). The quantitative estimate of drug-likeness (QED) is 0.174. The minimum atomic E-state index is -0.554. The van der Waals surface area contributed by atoms with Crippen molar-refractivity contribution in [1.82, 2.24) is 15.0 Å². The van der Waals surface area contributed by atoms with E-state index in [1.54, 1.807) is 0 Å². The van der Waals surface area contributed by atoms with Crippen molar-refractivity contribution in [2.45, 2.75) is 5.41 Å². The predicted molar refractivity (Wildman–Crippen MR) is 256 cm³/mol. The maximum atomic E-state index is 5.48. The first kappa shape index (κ1) is 35.0. The number of hydrogen-bond acceptors (Lipinski definition) is 4. The summed E-state index contributed by atoms with van der Waals surface area (Å²) in [6.45, 7) is 0. The van der Waals surface area contributed by atoms with Crippen LogP contribution in [0.1, 0.15) is 22.3 Å². The van der Waals surface area contributed by atoms with E-state index >= 15 is 0 Å². The molecule has 0 N–H and O–H groups in total. The van der Waals surface area contributed by atoms with Crippen molar-refractivity contribution in [2.24, 2.45) is 0 Å². The molecule has 0 atom stereocenters. The van der Waals surface area contributed by atoms with Gasteiger partial charge in [0.25, 0.3) is 0 Å². The van der Waals surface area contributed by atoms with Crippen molar-refractivity contribution in [3.05, 3.63) is 235 Å². The summed E-state index contributed by atoms with van der Waals surface area (Å²) in [5.74, 6) is 1.92. The highest BCUT2D eigenvalue weighted by Gasteiger charge is 2.52. The molecule has 0 aliphatic heterocycles. The summed E-state index contributed by atoms with van der Waals surface area (Å²) in [5.41, 5.74) is 16.9. The average Bonchev–Trinajstić information content (AvgIpc) is 3.98. The lowest BCUT2D eigenvalue weighted by molar-refractivity contribution is 0.794. The third-order valence-electron chi connectivity index (χ3n) is 13.0. The molecule has 0 amide bonds. The maximum absolute atomic E-state index is 5.48. The van der Waals surface area contributed by atoms with Gasteiger partial charge in [-0.3, -0.25) is 0 Å². The zero-order chi connectivity index (χ0) is 40.8. The number of thiophene rings is 1. The lowest BCUT2D eigenvalue weighted by Crippen LogP contribution is -2.26. The largest absolute Gasteiger partial charge is 0.208 e. The van der Waals surface area contributed by atoms with Gasteiger partial charge < -0.3 is 0 Å². The van der Waals surface area contributed by atoms with Crippen LogP contribution in [-0.2, 0) is 5.41 Å². The van der Waals surface area contributed by atoms with Crippen molar-refractivity contribution in [2.75, 3.05) is 0 Å². The molecule has 2 aliphatic carbocycles. The molecule has 0 unspecified atom stereocenters. The molecule has 0 radical (unpaired) electrons. The smallest absolute Gasteiger partial charge is 0.164 e. The first-order valence-corrected chi connectivity index (χ1v) is 21.9. The summed E-state index contributed by atoms with van der Waals surface area (Å²) in [7, 11) is 0. The zero-order valence-corrected chi connectivity index (χ0v) is 34.3. The van der Waals surface area contributed by atoms with Crippen molar-refractivity contribution >= 4 is 31.5 Å². The third-order valence-corrected chi connectivity index (χ3v) is 14.1. The van der Waals surface area contributed by atoms with E-state index in [9.17, 15) is 0 Å². The van der Waals surface area contributed by atoms with Crippen LogP contribution >= 0.6 is 11.3 Å². The fourth-order valence-electron chi connectivity index (χ4n) is 10.4. The average molecular weight is 806 g/mol. The summed E-state index contributed by atoms with van der Waals surface area (Å²) >= 11 is 1.84. The number of nitrogens with zero attached hydrogens (tertiary/aromatic N) is 3. The van der Waals surface area contributed by atoms with Crippen molar-refractivity contribution in [3.8, 4) is 78.7 Å². The molecule has 62 heavy (non-hydrogen) atoms. The van der Waals surface area contributed by atoms with Gasteiger partial charge in [0, 0.05) is 36.9 Å². The molecule has 2 heterocycles. The molecule has 0 saturated carbocycles. The summed E-state index contributed by atoms with van der Waals surface area (Å²) in [4.78, 5) is 16.3. The molecular weight excluding hydrogens is 771 g/mol. The Morgan fingerprint density at radius 3 is 1.48 bits per heavy atom. The van der Waals surface area contributed by atoms with Gasteiger partial charge in [-0.25, -0.2) is 15.0 Å². The van der Waals surface area contributed by atoms with Crippen LogP contribution in [0.25, 0.3) is 98.8 Å². The second-order valence-corrected chi connectivity index (χ2v) is 17.3. The SMILES string of the molecule is c1ccc(-c2ccccc2-c2nc(-c3ccc(-c4ccc5sc6ccccc6c5c4)cc3)nc(-c3cccc4c3C3(c5ccccc5-c5ccccc53)c3ccccc3-4)n2)cc1. The molecule has 1 spiro atoms. The Balaban J connectivity index is 1.04. The molecule has 0 saturated heterocycles. The summed E-state index contributed by atoms with van der Waals surface area (Å²) in [5, 5.41) is 2.59. The Morgan fingerprint density at radius 1 is 0.290 bits per heavy atom. The van der Waals surface area contributed by atoms with Crippen LogP contribution < -0.4 is 0 Å². The van der Waals surface area contributed by atoms with Gasteiger partial charge in [-0.05, 0) is 85.0 Å². The highest BCUT2D eigenvalue weighted by Crippen LogP contribution is 2.64. The lowest BCUT2D eigenvalue weighted by Gasteiger charge is -2.31. The third kappa shape index (κ3) is 5.08. The normalized spacial score (nSPS) is 13.0. The van der Waals surface area contributed by atoms with Crippen LogP contribution in [0.15, 0.2) is 212 Å². The van der Waals surface area contributed by atoms with E-state index in [0.717, 1.165) is 33.4 Å². The van der Waals surface area contributed by atoms with Crippen LogP contribution in [0.4, 0.5) is 0 Å². The molecule has 288 valence electrons. The maximum Gasteiger partial charge on any atom is 0.164 e. The van der Waals surface area contributed by atoms with Crippen molar-refractivity contribution in [1.29, 1.82) is 0 Å². The van der Waals surface area contributed by atoms with Gasteiger partial charge in [-0.1, -0.05) is 194 Å². The van der Waals surface area contributed by atoms with Gasteiger partial charge in [0.2, 0.25) is 0 Å². The van der Waals surface area contributed by atoms with Gasteiger partial charge in [-0.2, -0.15) is 0 Å². The Hall–Kier alpha value is -7.79. The van der Waals surface area contributed by atoms with Crippen molar-refractivity contribution < 1.29 is 0 Å². The summed E-state index contributed by atoms with van der Waals surface area (Å²) < 4.78 is 2.61. The zero-order valence-electron chi connectivity index (χ0n) is 33.5. The Morgan fingerprint density at radius 2 is 0.774 bits per heavy atom. The summed E-state index contributed by atoms with van der Waals surface area (Å²) in [6, 6.07) is 76.6. The molecule has 11 aromatic rings. The number of rotatable bonds is 5. The Bertz CT molecular complexity index is 3520. The highest BCUT2D eigenvalue weighted by molar-refractivity contribution is 7.25. The van der Waals surface area contributed by atoms with Gasteiger partial charge in [0.05, 0.1) is 5.41 Å². The molecule has 9 aromatic carbocycles. The molecular formula is C58H35N3S. The number of hydrogen-bond donors (Lipinski definition) is 0. The van der Waals surface area contributed by atoms with Crippen molar-refractivity contribution in [3.63, 3.8) is 0 Å². The van der Waals surface area contributed by atoms with E-state index in [2.05, 4.69) is 212 Å². The molecule has 4 heteroatoms. The van der Waals surface area contributed by atoms with Crippen LogP contribution in [0.5, 0.6) is 0 Å². The fourth-order valence-corrected chi connectivity index (χ4v) is 11.4. The Labute approximate surface area is 363 Å². The highest BCUT2D eigenvalue weighted by atomic mass is 32.1. The fraction of sp³-hybridized carbons (Fsp3) is 0.0172. The molecule has 0 fully saturated rings. The first-order valence-electron chi connectivity index (χ1n) is 21.1. The van der Waals surface area contributed by atoms with E-state index in [-0.39, 0.29) is 0 Å². The number of fused-ring (bicyclic) bond motifs is 13. The lowest BCUT2D eigenvalue weighted by atomic mass is 9.69. The van der Waals surface area contributed by atoms with Gasteiger partial charge >= 0.3 is 0 Å². The standard InChI is InChI=1S/C58H35N3S/c1-2-15-37(16-3-1)40-17-4-5-22-46(40)56-59-55(38-31-29-36(30-32-38)39-33-34-53-48(35-39)44-21-9-13-28-52(44)62-53)60-57(61-56)47-24-14-23-45-43-20-8-12-27-51(43)58(54(45)47)49-25-10-6-18-41(49)42-19-7-11-26-50(42)58/h1-35H. The van der Waals surface area contributed by atoms with Gasteiger partial charge in [0.1, 0.15) is 0 Å². The van der Waals surface area contributed by atoms with E-state index in [4.69, 9.17) is 15.0 Å². The van der Waals surface area contributed by atoms with E-state index in [1.165, 1.54) is 70.2 Å². The molecule has 0 bridgehead atoms. The molecule has 2 aromatic heterocycles. The van der Waals surface area contributed by atoms with Crippen LogP contribution in [0, 0.1) is 0 Å². The van der Waals surface area contributed by atoms with E-state index in [1.807, 2.05) is 11.3 Å². The second-order valence-electron chi connectivity index (χ2n) is 16.2. The monoisotopic (exact) mass is 805 g/mol. The van der Waals surface area contributed by atoms with E-state index in [0.29, 0.717) is 17.5 Å². The Kier molecular flexibility index (Phi) is 7.69. The van der Waals surface area contributed by atoms with Gasteiger partial charge in [0.15, 0.2) is 17.5 Å². The minimum Gasteiger partial charge on any atom is -0.208 e. The van der Waals surface area contributed by atoms with E-state index < -0.39 is 5.41 Å². The molecule has 3 nitrogen and oxygen atoms in total. The number of benzene rings is 9. The van der Waals surface area contributed by atoms with Crippen LogP contribution in [0.3, 0.4) is 0 Å².